The van der Waals surface area contributed by atoms with Crippen molar-refractivity contribution in [3.05, 3.63) is 0 Å². The highest BCUT2D eigenvalue weighted by molar-refractivity contribution is 4.78. The average Bonchev–Trinajstić information content (AvgIpc) is 2.25. The van der Waals surface area contributed by atoms with Crippen LogP contribution in [-0.4, -0.2) is 62.2 Å². The predicted octanol–water partition coefficient (Wildman–Crippen LogP) is 2.04. The minimum atomic E-state index is 0.263. The summed E-state index contributed by atoms with van der Waals surface area (Å²) >= 11 is 0. The van der Waals surface area contributed by atoms with E-state index in [9.17, 15) is 0 Å². The first-order valence-electron chi connectivity index (χ1n) is 6.88. The summed E-state index contributed by atoms with van der Waals surface area (Å²) in [6, 6.07) is 0.600. The van der Waals surface area contributed by atoms with Crippen LogP contribution in [0, 0.1) is 0 Å². The van der Waals surface area contributed by atoms with Crippen LogP contribution in [0.15, 0.2) is 0 Å². The molecule has 3 nitrogen and oxygen atoms in total. The van der Waals surface area contributed by atoms with Crippen molar-refractivity contribution in [3.63, 3.8) is 0 Å². The lowest BCUT2D eigenvalue weighted by molar-refractivity contribution is 0.220. The van der Waals surface area contributed by atoms with Crippen LogP contribution in [-0.2, 0) is 0 Å². The Balaban J connectivity index is 3.78. The van der Waals surface area contributed by atoms with Gasteiger partial charge in [0.1, 0.15) is 0 Å². The zero-order valence-electron chi connectivity index (χ0n) is 13.0. The van der Waals surface area contributed by atoms with Crippen LogP contribution < -0.4 is 5.32 Å². The Kier molecular flexibility index (Phi) is 8.01. The molecule has 0 fully saturated rings. The molecule has 0 radical (unpaired) electrons. The fourth-order valence-corrected chi connectivity index (χ4v) is 1.56. The number of rotatable bonds is 9. The molecule has 0 aliphatic carbocycles. The first-order valence-corrected chi connectivity index (χ1v) is 6.88. The molecular weight excluding hydrogens is 210 g/mol. The highest BCUT2D eigenvalue weighted by Gasteiger charge is 2.16. The summed E-state index contributed by atoms with van der Waals surface area (Å²) in [5.41, 5.74) is 0.263. The van der Waals surface area contributed by atoms with Crippen molar-refractivity contribution in [3.8, 4) is 0 Å². The van der Waals surface area contributed by atoms with Gasteiger partial charge in [0.2, 0.25) is 0 Å². The quantitative estimate of drug-likeness (QED) is 0.668. The molecule has 0 rings (SSSR count). The van der Waals surface area contributed by atoms with E-state index < -0.39 is 0 Å². The summed E-state index contributed by atoms with van der Waals surface area (Å²) in [5, 5.41) is 3.64. The van der Waals surface area contributed by atoms with Crippen molar-refractivity contribution in [2.45, 2.75) is 52.1 Å². The second kappa shape index (κ2) is 8.06. The van der Waals surface area contributed by atoms with Crippen molar-refractivity contribution < 1.29 is 0 Å². The van der Waals surface area contributed by atoms with Gasteiger partial charge in [-0.1, -0.05) is 6.92 Å². The summed E-state index contributed by atoms with van der Waals surface area (Å²) in [4.78, 5) is 4.69. The zero-order valence-corrected chi connectivity index (χ0v) is 13.0. The fraction of sp³-hybridized carbons (Fsp3) is 1.00. The van der Waals surface area contributed by atoms with Crippen LogP contribution in [0.1, 0.15) is 40.5 Å². The molecule has 0 spiro atoms. The smallest absolute Gasteiger partial charge is 0.0189 e. The van der Waals surface area contributed by atoms with E-state index in [2.05, 4.69) is 64.0 Å². The maximum Gasteiger partial charge on any atom is 0.0189 e. The number of hydrogen-bond donors (Lipinski definition) is 1. The molecule has 0 aliphatic rings. The molecule has 0 aromatic carbocycles. The summed E-state index contributed by atoms with van der Waals surface area (Å²) in [6.07, 6.45) is 2.41. The van der Waals surface area contributed by atoms with Gasteiger partial charge >= 0.3 is 0 Å². The van der Waals surface area contributed by atoms with Crippen LogP contribution >= 0.6 is 0 Å². The van der Waals surface area contributed by atoms with Crippen LogP contribution in [0.3, 0.4) is 0 Å². The van der Waals surface area contributed by atoms with Gasteiger partial charge in [-0.05, 0) is 67.8 Å². The van der Waals surface area contributed by atoms with E-state index in [0.717, 1.165) is 6.54 Å². The van der Waals surface area contributed by atoms with Gasteiger partial charge in [-0.2, -0.15) is 0 Å². The van der Waals surface area contributed by atoms with Gasteiger partial charge in [-0.15, -0.1) is 0 Å². The van der Waals surface area contributed by atoms with E-state index >= 15 is 0 Å². The molecule has 0 saturated carbocycles. The van der Waals surface area contributed by atoms with Crippen LogP contribution in [0.2, 0.25) is 0 Å². The van der Waals surface area contributed by atoms with Crippen molar-refractivity contribution in [1.82, 2.24) is 15.1 Å². The number of hydrogen-bond acceptors (Lipinski definition) is 3. The maximum atomic E-state index is 3.64. The monoisotopic (exact) mass is 243 g/mol. The van der Waals surface area contributed by atoms with Crippen LogP contribution in [0.5, 0.6) is 0 Å². The predicted molar refractivity (Wildman–Crippen MR) is 77.6 cm³/mol. The largest absolute Gasteiger partial charge is 0.310 e. The Labute approximate surface area is 109 Å². The van der Waals surface area contributed by atoms with E-state index in [-0.39, 0.29) is 5.54 Å². The molecular formula is C14H33N3. The SMILES string of the molecule is CCC(C)(C)NCC(C)N(C)CCCN(C)C. The summed E-state index contributed by atoms with van der Waals surface area (Å²) in [7, 11) is 6.49. The van der Waals surface area contributed by atoms with Crippen molar-refractivity contribution in [2.75, 3.05) is 40.8 Å². The molecule has 17 heavy (non-hydrogen) atoms. The molecule has 0 amide bonds. The Hall–Kier alpha value is -0.120. The third-order valence-corrected chi connectivity index (χ3v) is 3.63. The lowest BCUT2D eigenvalue weighted by Gasteiger charge is -2.31. The Morgan fingerprint density at radius 1 is 1.12 bits per heavy atom. The van der Waals surface area contributed by atoms with E-state index in [1.165, 1.54) is 25.9 Å². The third-order valence-electron chi connectivity index (χ3n) is 3.63. The summed E-state index contributed by atoms with van der Waals surface area (Å²) in [5.74, 6) is 0. The highest BCUT2D eigenvalue weighted by Crippen LogP contribution is 2.07. The molecule has 104 valence electrons. The van der Waals surface area contributed by atoms with Gasteiger partial charge in [0, 0.05) is 18.1 Å². The highest BCUT2D eigenvalue weighted by atomic mass is 15.2. The zero-order chi connectivity index (χ0) is 13.5. The lowest BCUT2D eigenvalue weighted by Crippen LogP contribution is -2.46. The second-order valence-electron chi connectivity index (χ2n) is 6.10. The number of likely N-dealkylation sites (N-methyl/N-ethyl adjacent to an activating group) is 1. The number of nitrogens with one attached hydrogen (secondary N) is 1. The minimum absolute atomic E-state index is 0.263. The molecule has 0 aromatic rings. The Morgan fingerprint density at radius 3 is 2.18 bits per heavy atom. The van der Waals surface area contributed by atoms with E-state index in [1.807, 2.05) is 0 Å². The average molecular weight is 243 g/mol. The van der Waals surface area contributed by atoms with Crippen molar-refractivity contribution in [2.24, 2.45) is 0 Å². The molecule has 1 unspecified atom stereocenters. The summed E-state index contributed by atoms with van der Waals surface area (Å²) in [6.45, 7) is 12.5. The Morgan fingerprint density at radius 2 is 1.71 bits per heavy atom. The summed E-state index contributed by atoms with van der Waals surface area (Å²) < 4.78 is 0. The van der Waals surface area contributed by atoms with Gasteiger partial charge in [0.25, 0.3) is 0 Å². The van der Waals surface area contributed by atoms with Gasteiger partial charge in [-0.3, -0.25) is 0 Å². The normalized spacial score (nSPS) is 14.6. The van der Waals surface area contributed by atoms with Gasteiger partial charge in [0.15, 0.2) is 0 Å². The van der Waals surface area contributed by atoms with E-state index in [4.69, 9.17) is 0 Å². The topological polar surface area (TPSA) is 18.5 Å². The third kappa shape index (κ3) is 8.58. The van der Waals surface area contributed by atoms with Crippen LogP contribution in [0.25, 0.3) is 0 Å². The maximum absolute atomic E-state index is 3.64. The lowest BCUT2D eigenvalue weighted by atomic mass is 10.0. The molecule has 1 atom stereocenters. The Bertz CT molecular complexity index is 190. The second-order valence-corrected chi connectivity index (χ2v) is 6.10. The van der Waals surface area contributed by atoms with E-state index in [1.54, 1.807) is 0 Å². The first-order chi connectivity index (χ1) is 7.78. The standard InChI is InChI=1S/C14H33N3/c1-8-14(3,4)15-12-13(2)17(7)11-9-10-16(5)6/h13,15H,8-12H2,1-7H3. The van der Waals surface area contributed by atoms with Crippen molar-refractivity contribution >= 4 is 0 Å². The molecule has 0 aliphatic heterocycles. The molecule has 0 heterocycles. The molecule has 3 heteroatoms. The van der Waals surface area contributed by atoms with Gasteiger partial charge in [-0.25, -0.2) is 0 Å². The van der Waals surface area contributed by atoms with E-state index in [0.29, 0.717) is 6.04 Å². The van der Waals surface area contributed by atoms with Gasteiger partial charge in [0.05, 0.1) is 0 Å². The first kappa shape index (κ1) is 16.9. The van der Waals surface area contributed by atoms with Gasteiger partial charge < -0.3 is 15.1 Å². The van der Waals surface area contributed by atoms with Crippen LogP contribution in [0.4, 0.5) is 0 Å². The number of nitrogens with zero attached hydrogens (tertiary/aromatic N) is 2. The molecule has 0 saturated heterocycles. The molecule has 0 aromatic heterocycles. The fourth-order valence-electron chi connectivity index (χ4n) is 1.56. The minimum Gasteiger partial charge on any atom is -0.310 e. The molecule has 0 bridgehead atoms. The van der Waals surface area contributed by atoms with Crippen molar-refractivity contribution in [1.29, 1.82) is 0 Å². The molecule has 1 N–H and O–H groups in total.